The van der Waals surface area contributed by atoms with Crippen LogP contribution in [0.3, 0.4) is 0 Å². The summed E-state index contributed by atoms with van der Waals surface area (Å²) in [6.45, 7) is 12.9. The van der Waals surface area contributed by atoms with E-state index in [4.69, 9.17) is 0 Å². The molecular weight excluding hydrogens is 220 g/mol. The van der Waals surface area contributed by atoms with E-state index in [1.165, 1.54) is 38.6 Å². The van der Waals surface area contributed by atoms with Gasteiger partial charge < -0.3 is 10.2 Å². The second-order valence-electron chi connectivity index (χ2n) is 7.18. The van der Waals surface area contributed by atoms with E-state index in [1.54, 1.807) is 0 Å². The van der Waals surface area contributed by atoms with Crippen LogP contribution in [-0.2, 0) is 0 Å². The predicted molar refractivity (Wildman–Crippen MR) is 81.0 cm³/mol. The SMILES string of the molecule is CCCNCC(C)(C)CN(C)C1CCCC(C)C1. The highest BCUT2D eigenvalue weighted by atomic mass is 15.1. The Morgan fingerprint density at radius 1 is 1.28 bits per heavy atom. The molecule has 0 radical (unpaired) electrons. The molecule has 18 heavy (non-hydrogen) atoms. The fourth-order valence-electron chi connectivity index (χ4n) is 3.27. The van der Waals surface area contributed by atoms with Gasteiger partial charge in [-0.15, -0.1) is 0 Å². The third kappa shape index (κ3) is 5.71. The molecule has 2 atom stereocenters. The van der Waals surface area contributed by atoms with Crippen LogP contribution in [0.1, 0.15) is 59.8 Å². The second-order valence-corrected chi connectivity index (χ2v) is 7.18. The highest BCUT2D eigenvalue weighted by Crippen LogP contribution is 2.28. The van der Waals surface area contributed by atoms with Crippen molar-refractivity contribution in [2.24, 2.45) is 11.3 Å². The summed E-state index contributed by atoms with van der Waals surface area (Å²) in [6.07, 6.45) is 6.89. The minimum absolute atomic E-state index is 0.380. The predicted octanol–water partition coefficient (Wildman–Crippen LogP) is 3.52. The topological polar surface area (TPSA) is 15.3 Å². The molecule has 0 spiro atoms. The first-order chi connectivity index (χ1) is 8.44. The number of hydrogen-bond donors (Lipinski definition) is 1. The maximum atomic E-state index is 3.57. The van der Waals surface area contributed by atoms with E-state index in [2.05, 4.69) is 45.0 Å². The van der Waals surface area contributed by atoms with Gasteiger partial charge in [0.05, 0.1) is 0 Å². The van der Waals surface area contributed by atoms with E-state index in [0.717, 1.165) is 25.0 Å². The molecule has 1 aliphatic carbocycles. The first kappa shape index (κ1) is 16.0. The number of hydrogen-bond acceptors (Lipinski definition) is 2. The smallest absolute Gasteiger partial charge is 0.00949 e. The summed E-state index contributed by atoms with van der Waals surface area (Å²) >= 11 is 0. The Labute approximate surface area is 115 Å². The van der Waals surface area contributed by atoms with Gasteiger partial charge in [-0.3, -0.25) is 0 Å². The van der Waals surface area contributed by atoms with Crippen molar-refractivity contribution in [2.45, 2.75) is 65.8 Å². The van der Waals surface area contributed by atoms with E-state index in [0.29, 0.717) is 5.41 Å². The average molecular weight is 254 g/mol. The van der Waals surface area contributed by atoms with Crippen molar-refractivity contribution in [2.75, 3.05) is 26.7 Å². The van der Waals surface area contributed by atoms with Crippen molar-refractivity contribution in [3.05, 3.63) is 0 Å². The fourth-order valence-corrected chi connectivity index (χ4v) is 3.27. The van der Waals surface area contributed by atoms with Crippen molar-refractivity contribution < 1.29 is 0 Å². The molecule has 0 heterocycles. The molecule has 2 unspecified atom stereocenters. The van der Waals surface area contributed by atoms with Gasteiger partial charge in [0, 0.05) is 19.1 Å². The van der Waals surface area contributed by atoms with Crippen LogP contribution in [0.4, 0.5) is 0 Å². The number of rotatable bonds is 7. The molecule has 1 aliphatic rings. The third-order valence-electron chi connectivity index (χ3n) is 4.24. The summed E-state index contributed by atoms with van der Waals surface area (Å²) in [4.78, 5) is 2.61. The standard InChI is InChI=1S/C16H34N2/c1-6-10-17-12-16(3,4)13-18(5)15-9-7-8-14(2)11-15/h14-15,17H,6-13H2,1-5H3. The molecule has 0 aliphatic heterocycles. The van der Waals surface area contributed by atoms with Gasteiger partial charge >= 0.3 is 0 Å². The van der Waals surface area contributed by atoms with Gasteiger partial charge in [-0.25, -0.2) is 0 Å². The molecule has 1 rings (SSSR count). The molecule has 1 N–H and O–H groups in total. The van der Waals surface area contributed by atoms with Crippen LogP contribution in [0, 0.1) is 11.3 Å². The zero-order chi connectivity index (χ0) is 13.6. The molecule has 0 aromatic carbocycles. The normalized spacial score (nSPS) is 25.7. The molecule has 0 aromatic heterocycles. The second kappa shape index (κ2) is 7.49. The maximum absolute atomic E-state index is 3.57. The molecular formula is C16H34N2. The lowest BCUT2D eigenvalue weighted by Crippen LogP contribution is -2.44. The summed E-state index contributed by atoms with van der Waals surface area (Å²) in [5.74, 6) is 0.924. The molecule has 2 heteroatoms. The quantitative estimate of drug-likeness (QED) is 0.699. The average Bonchev–Trinajstić information content (AvgIpc) is 2.28. The van der Waals surface area contributed by atoms with Crippen molar-refractivity contribution in [1.82, 2.24) is 10.2 Å². The lowest BCUT2D eigenvalue weighted by Gasteiger charge is -2.38. The van der Waals surface area contributed by atoms with E-state index in [1.807, 2.05) is 0 Å². The van der Waals surface area contributed by atoms with Crippen LogP contribution in [0.2, 0.25) is 0 Å². The number of nitrogens with zero attached hydrogens (tertiary/aromatic N) is 1. The summed E-state index contributed by atoms with van der Waals surface area (Å²) < 4.78 is 0. The maximum Gasteiger partial charge on any atom is 0.00949 e. The largest absolute Gasteiger partial charge is 0.316 e. The molecule has 0 amide bonds. The number of nitrogens with one attached hydrogen (secondary N) is 1. The Bertz CT molecular complexity index is 225. The Kier molecular flexibility index (Phi) is 6.65. The molecule has 1 fully saturated rings. The first-order valence-corrected chi connectivity index (χ1v) is 7.85. The minimum Gasteiger partial charge on any atom is -0.316 e. The summed E-state index contributed by atoms with van der Waals surface area (Å²) in [5, 5.41) is 3.57. The van der Waals surface area contributed by atoms with Crippen LogP contribution in [0.15, 0.2) is 0 Å². The lowest BCUT2D eigenvalue weighted by molar-refractivity contribution is 0.115. The van der Waals surface area contributed by atoms with E-state index < -0.39 is 0 Å². The summed E-state index contributed by atoms with van der Waals surface area (Å²) in [7, 11) is 2.32. The Morgan fingerprint density at radius 2 is 2.00 bits per heavy atom. The highest BCUT2D eigenvalue weighted by molar-refractivity contribution is 4.82. The Morgan fingerprint density at radius 3 is 2.61 bits per heavy atom. The zero-order valence-electron chi connectivity index (χ0n) is 13.3. The molecule has 0 bridgehead atoms. The van der Waals surface area contributed by atoms with Gasteiger partial charge in [-0.05, 0) is 44.2 Å². The molecule has 2 nitrogen and oxygen atoms in total. The summed E-state index contributed by atoms with van der Waals surface area (Å²) in [5.41, 5.74) is 0.380. The lowest BCUT2D eigenvalue weighted by atomic mass is 9.85. The van der Waals surface area contributed by atoms with Crippen LogP contribution in [-0.4, -0.2) is 37.6 Å². The van der Waals surface area contributed by atoms with Crippen LogP contribution < -0.4 is 5.32 Å². The van der Waals surface area contributed by atoms with Gasteiger partial charge in [0.15, 0.2) is 0 Å². The van der Waals surface area contributed by atoms with E-state index >= 15 is 0 Å². The van der Waals surface area contributed by atoms with Crippen molar-refractivity contribution in [3.8, 4) is 0 Å². The molecule has 1 saturated carbocycles. The van der Waals surface area contributed by atoms with Gasteiger partial charge in [0.2, 0.25) is 0 Å². The van der Waals surface area contributed by atoms with E-state index in [9.17, 15) is 0 Å². The van der Waals surface area contributed by atoms with Crippen LogP contribution >= 0.6 is 0 Å². The monoisotopic (exact) mass is 254 g/mol. The van der Waals surface area contributed by atoms with Crippen molar-refractivity contribution >= 4 is 0 Å². The summed E-state index contributed by atoms with van der Waals surface area (Å²) in [6, 6.07) is 0.819. The van der Waals surface area contributed by atoms with E-state index in [-0.39, 0.29) is 0 Å². The Balaban J connectivity index is 2.34. The van der Waals surface area contributed by atoms with Crippen molar-refractivity contribution in [1.29, 1.82) is 0 Å². The van der Waals surface area contributed by atoms with Gasteiger partial charge in [-0.1, -0.05) is 40.5 Å². The van der Waals surface area contributed by atoms with Crippen LogP contribution in [0.25, 0.3) is 0 Å². The Hall–Kier alpha value is -0.0800. The first-order valence-electron chi connectivity index (χ1n) is 7.85. The fraction of sp³-hybridized carbons (Fsp3) is 1.00. The highest BCUT2D eigenvalue weighted by Gasteiger charge is 2.26. The zero-order valence-corrected chi connectivity index (χ0v) is 13.3. The third-order valence-corrected chi connectivity index (χ3v) is 4.24. The minimum atomic E-state index is 0.380. The molecule has 108 valence electrons. The molecule has 0 saturated heterocycles. The van der Waals surface area contributed by atoms with Crippen molar-refractivity contribution in [3.63, 3.8) is 0 Å². The van der Waals surface area contributed by atoms with Gasteiger partial charge in [0.25, 0.3) is 0 Å². The van der Waals surface area contributed by atoms with Gasteiger partial charge in [0.1, 0.15) is 0 Å². The van der Waals surface area contributed by atoms with Gasteiger partial charge in [-0.2, -0.15) is 0 Å². The molecule has 0 aromatic rings. The van der Waals surface area contributed by atoms with Crippen LogP contribution in [0.5, 0.6) is 0 Å².